The summed E-state index contributed by atoms with van der Waals surface area (Å²) in [5.74, 6) is -0.923. The van der Waals surface area contributed by atoms with Gasteiger partial charge in [0.2, 0.25) is 0 Å². The molecule has 0 aromatic carbocycles. The van der Waals surface area contributed by atoms with Crippen molar-refractivity contribution < 1.29 is 9.90 Å². The lowest BCUT2D eigenvalue weighted by atomic mass is 9.91. The van der Waals surface area contributed by atoms with E-state index in [1.807, 2.05) is 13.8 Å². The molecule has 0 unspecified atom stereocenters. The molecule has 0 atom stereocenters. The van der Waals surface area contributed by atoms with Gasteiger partial charge in [-0.15, -0.1) is 0 Å². The lowest BCUT2D eigenvalue weighted by Crippen LogP contribution is -2.11. The highest BCUT2D eigenvalue weighted by atomic mass is 16.4. The number of hydrogen-bond donors (Lipinski definition) is 1. The molecule has 1 aromatic rings. The minimum Gasteiger partial charge on any atom is -0.478 e. The van der Waals surface area contributed by atoms with Crippen LogP contribution in [0.15, 0.2) is 18.5 Å². The van der Waals surface area contributed by atoms with Crippen molar-refractivity contribution >= 4 is 5.97 Å². The molecule has 4 nitrogen and oxygen atoms in total. The molecular formula is C11H14N2O2. The number of carboxylic acids is 1. The molecule has 0 bridgehead atoms. The van der Waals surface area contributed by atoms with Crippen molar-refractivity contribution in [3.63, 3.8) is 0 Å². The largest absolute Gasteiger partial charge is 0.478 e. The summed E-state index contributed by atoms with van der Waals surface area (Å²) >= 11 is 0. The summed E-state index contributed by atoms with van der Waals surface area (Å²) in [5.41, 5.74) is -0.0852. The van der Waals surface area contributed by atoms with Gasteiger partial charge in [-0.3, -0.25) is 0 Å². The van der Waals surface area contributed by atoms with Crippen LogP contribution >= 0.6 is 0 Å². The number of aromatic carboxylic acids is 1. The second-order valence-electron chi connectivity index (χ2n) is 4.19. The average Bonchev–Trinajstić information content (AvgIpc) is 2.63. The fourth-order valence-electron chi connectivity index (χ4n) is 1.17. The lowest BCUT2D eigenvalue weighted by molar-refractivity contribution is 0.0697. The quantitative estimate of drug-likeness (QED) is 0.820. The molecule has 4 heteroatoms. The molecule has 0 radical (unpaired) electrons. The number of carboxylic acid groups (broad SMARTS) is 1. The zero-order chi connectivity index (χ0) is 11.5. The first kappa shape index (κ1) is 11.3. The second-order valence-corrected chi connectivity index (χ2v) is 4.19. The Labute approximate surface area is 88.8 Å². The van der Waals surface area contributed by atoms with E-state index in [0.29, 0.717) is 13.0 Å². The molecule has 0 aliphatic rings. The second kappa shape index (κ2) is 4.18. The van der Waals surface area contributed by atoms with Crippen molar-refractivity contribution in [1.29, 1.82) is 5.26 Å². The Morgan fingerprint density at radius 1 is 1.67 bits per heavy atom. The van der Waals surface area contributed by atoms with Crippen LogP contribution in [0.2, 0.25) is 0 Å². The number of aryl methyl sites for hydroxylation is 1. The zero-order valence-corrected chi connectivity index (χ0v) is 8.90. The van der Waals surface area contributed by atoms with Gasteiger partial charge in [-0.05, 0) is 26.3 Å². The molecule has 80 valence electrons. The molecule has 0 aliphatic carbocycles. The van der Waals surface area contributed by atoms with Crippen LogP contribution in [-0.4, -0.2) is 15.6 Å². The fraction of sp³-hybridized carbons (Fsp3) is 0.455. The van der Waals surface area contributed by atoms with Crippen molar-refractivity contribution in [2.24, 2.45) is 5.41 Å². The van der Waals surface area contributed by atoms with Crippen LogP contribution in [0.3, 0.4) is 0 Å². The first-order valence-corrected chi connectivity index (χ1v) is 4.75. The maximum atomic E-state index is 10.6. The maximum Gasteiger partial charge on any atom is 0.337 e. The highest BCUT2D eigenvalue weighted by molar-refractivity contribution is 5.87. The summed E-state index contributed by atoms with van der Waals surface area (Å²) in [6.45, 7) is 4.40. The molecule has 15 heavy (non-hydrogen) atoms. The highest BCUT2D eigenvalue weighted by Gasteiger charge is 2.16. The summed E-state index contributed by atoms with van der Waals surface area (Å²) in [4.78, 5) is 10.6. The van der Waals surface area contributed by atoms with E-state index < -0.39 is 5.97 Å². The molecule has 1 heterocycles. The van der Waals surface area contributed by atoms with E-state index in [2.05, 4.69) is 6.07 Å². The van der Waals surface area contributed by atoms with E-state index in [9.17, 15) is 4.79 Å². The smallest absolute Gasteiger partial charge is 0.337 e. The number of aromatic nitrogens is 1. The van der Waals surface area contributed by atoms with E-state index >= 15 is 0 Å². The first-order valence-electron chi connectivity index (χ1n) is 4.75. The van der Waals surface area contributed by atoms with Crippen molar-refractivity contribution in [1.82, 2.24) is 4.57 Å². The molecule has 1 rings (SSSR count). The molecule has 0 amide bonds. The standard InChI is InChI=1S/C11H14N2O2/c1-11(2,8-12)4-6-13-5-3-9(7-13)10(14)15/h3,5,7H,4,6H2,1-2H3,(H,14,15). The number of carbonyl (C=O) groups is 1. The molecule has 0 saturated heterocycles. The number of nitriles is 1. The van der Waals surface area contributed by atoms with E-state index in [-0.39, 0.29) is 11.0 Å². The topological polar surface area (TPSA) is 66.0 Å². The van der Waals surface area contributed by atoms with Gasteiger partial charge >= 0.3 is 5.97 Å². The van der Waals surface area contributed by atoms with E-state index in [1.165, 1.54) is 0 Å². The van der Waals surface area contributed by atoms with Gasteiger partial charge in [0, 0.05) is 18.9 Å². The third-order valence-electron chi connectivity index (χ3n) is 2.30. The lowest BCUT2D eigenvalue weighted by Gasteiger charge is -2.14. The van der Waals surface area contributed by atoms with Gasteiger partial charge in [-0.1, -0.05) is 0 Å². The minimum absolute atomic E-state index is 0.282. The van der Waals surface area contributed by atoms with Gasteiger partial charge in [0.15, 0.2) is 0 Å². The molecule has 0 fully saturated rings. The maximum absolute atomic E-state index is 10.6. The van der Waals surface area contributed by atoms with Crippen LogP contribution in [-0.2, 0) is 6.54 Å². The van der Waals surface area contributed by atoms with Crippen molar-refractivity contribution in [2.75, 3.05) is 0 Å². The number of nitrogens with zero attached hydrogens (tertiary/aromatic N) is 2. The third kappa shape index (κ3) is 3.13. The molecular weight excluding hydrogens is 192 g/mol. The number of rotatable bonds is 4. The van der Waals surface area contributed by atoms with Crippen LogP contribution in [0.4, 0.5) is 0 Å². The van der Waals surface area contributed by atoms with Crippen molar-refractivity contribution in [3.05, 3.63) is 24.0 Å². The molecule has 0 aliphatic heterocycles. The summed E-state index contributed by atoms with van der Waals surface area (Å²) < 4.78 is 1.79. The van der Waals surface area contributed by atoms with E-state index in [0.717, 1.165) is 0 Å². The predicted octanol–water partition coefficient (Wildman–Crippen LogP) is 2.13. The Kier molecular flexibility index (Phi) is 3.15. The summed E-state index contributed by atoms with van der Waals surface area (Å²) in [7, 11) is 0. The van der Waals surface area contributed by atoms with Crippen molar-refractivity contribution in [3.8, 4) is 6.07 Å². The van der Waals surface area contributed by atoms with Gasteiger partial charge in [-0.2, -0.15) is 5.26 Å². The Bertz CT molecular complexity index is 399. The third-order valence-corrected chi connectivity index (χ3v) is 2.30. The summed E-state index contributed by atoms with van der Waals surface area (Å²) in [6, 6.07) is 3.77. The zero-order valence-electron chi connectivity index (χ0n) is 8.90. The molecule has 0 saturated carbocycles. The average molecular weight is 206 g/mol. The SMILES string of the molecule is CC(C)(C#N)CCn1ccc(C(=O)O)c1. The predicted molar refractivity (Wildman–Crippen MR) is 55.4 cm³/mol. The summed E-state index contributed by atoms with van der Waals surface area (Å²) in [5, 5.41) is 17.5. The van der Waals surface area contributed by atoms with Crippen LogP contribution < -0.4 is 0 Å². The van der Waals surface area contributed by atoms with Gasteiger partial charge in [0.05, 0.1) is 17.0 Å². The van der Waals surface area contributed by atoms with Gasteiger partial charge in [-0.25, -0.2) is 4.79 Å². The Hall–Kier alpha value is -1.76. The summed E-state index contributed by atoms with van der Waals surface area (Å²) in [6.07, 6.45) is 4.00. The van der Waals surface area contributed by atoms with Crippen LogP contribution in [0.25, 0.3) is 0 Å². The number of hydrogen-bond acceptors (Lipinski definition) is 2. The van der Waals surface area contributed by atoms with Gasteiger partial charge < -0.3 is 9.67 Å². The highest BCUT2D eigenvalue weighted by Crippen LogP contribution is 2.19. The van der Waals surface area contributed by atoms with Crippen LogP contribution in [0.1, 0.15) is 30.6 Å². The van der Waals surface area contributed by atoms with E-state index in [1.54, 1.807) is 23.0 Å². The normalized spacial score (nSPS) is 11.0. The Morgan fingerprint density at radius 2 is 2.33 bits per heavy atom. The monoisotopic (exact) mass is 206 g/mol. The molecule has 1 N–H and O–H groups in total. The molecule has 0 spiro atoms. The van der Waals surface area contributed by atoms with Gasteiger partial charge in [0.25, 0.3) is 0 Å². The fourth-order valence-corrected chi connectivity index (χ4v) is 1.17. The molecule has 1 aromatic heterocycles. The Balaban J connectivity index is 2.60. The van der Waals surface area contributed by atoms with Crippen molar-refractivity contribution in [2.45, 2.75) is 26.8 Å². The minimum atomic E-state index is -0.923. The first-order chi connectivity index (χ1) is 6.94. The van der Waals surface area contributed by atoms with E-state index in [4.69, 9.17) is 10.4 Å². The Morgan fingerprint density at radius 3 is 2.80 bits per heavy atom. The van der Waals surface area contributed by atoms with Crippen LogP contribution in [0.5, 0.6) is 0 Å². The van der Waals surface area contributed by atoms with Crippen LogP contribution in [0, 0.1) is 16.7 Å². The van der Waals surface area contributed by atoms with Gasteiger partial charge in [0.1, 0.15) is 0 Å².